The summed E-state index contributed by atoms with van der Waals surface area (Å²) in [6, 6.07) is 28.2. The van der Waals surface area contributed by atoms with Crippen LogP contribution in [-0.2, 0) is 11.2 Å². The fourth-order valence-electron chi connectivity index (χ4n) is 3.20. The highest BCUT2D eigenvalue weighted by atomic mass is 16.2. The first kappa shape index (κ1) is 16.0. The lowest BCUT2D eigenvalue weighted by Gasteiger charge is -2.05. The van der Waals surface area contributed by atoms with E-state index in [2.05, 4.69) is 40.9 Å². The molecule has 1 amide bonds. The van der Waals surface area contributed by atoms with Crippen molar-refractivity contribution in [1.29, 1.82) is 0 Å². The Kier molecular flexibility index (Phi) is 4.44. The Bertz CT molecular complexity index is 1100. The van der Waals surface area contributed by atoms with E-state index < -0.39 is 0 Å². The van der Waals surface area contributed by atoms with E-state index in [0.29, 0.717) is 6.42 Å². The molecule has 4 aromatic rings. The van der Waals surface area contributed by atoms with Gasteiger partial charge >= 0.3 is 0 Å². The molecule has 3 heteroatoms. The molecular weight excluding hydrogens is 320 g/mol. The van der Waals surface area contributed by atoms with Gasteiger partial charge in [0.25, 0.3) is 0 Å². The van der Waals surface area contributed by atoms with Crippen molar-refractivity contribution in [2.24, 2.45) is 5.10 Å². The second-order valence-electron chi connectivity index (χ2n) is 6.18. The molecule has 0 saturated heterocycles. The Labute approximate surface area is 152 Å². The largest absolute Gasteiger partial charge is 0.273 e. The third kappa shape index (κ3) is 3.33. The number of nitrogens with zero attached hydrogens (tertiary/aromatic N) is 1. The number of amides is 1. The molecule has 0 aliphatic carbocycles. The van der Waals surface area contributed by atoms with Crippen molar-refractivity contribution in [2.75, 3.05) is 0 Å². The van der Waals surface area contributed by atoms with Crippen LogP contribution >= 0.6 is 0 Å². The quantitative estimate of drug-likeness (QED) is 0.426. The highest BCUT2D eigenvalue weighted by Gasteiger charge is 2.06. The van der Waals surface area contributed by atoms with Crippen molar-refractivity contribution < 1.29 is 4.79 Å². The molecule has 26 heavy (non-hydrogen) atoms. The second kappa shape index (κ2) is 7.19. The van der Waals surface area contributed by atoms with Crippen LogP contribution in [0.4, 0.5) is 0 Å². The lowest BCUT2D eigenvalue weighted by molar-refractivity contribution is -0.120. The van der Waals surface area contributed by atoms with Crippen LogP contribution < -0.4 is 5.43 Å². The maximum Gasteiger partial charge on any atom is 0.244 e. The summed E-state index contributed by atoms with van der Waals surface area (Å²) in [7, 11) is 0. The predicted octanol–water partition coefficient (Wildman–Crippen LogP) is 4.69. The summed E-state index contributed by atoms with van der Waals surface area (Å²) in [5, 5.41) is 8.64. The molecule has 0 aromatic heterocycles. The topological polar surface area (TPSA) is 41.5 Å². The zero-order chi connectivity index (χ0) is 17.8. The van der Waals surface area contributed by atoms with Crippen LogP contribution in [0, 0.1) is 0 Å². The van der Waals surface area contributed by atoms with Crippen LogP contribution in [0.5, 0.6) is 0 Å². The Morgan fingerprint density at radius 1 is 0.769 bits per heavy atom. The number of carbonyl (C=O) groups excluding carboxylic acids is 1. The number of rotatable bonds is 4. The molecule has 0 spiro atoms. The van der Waals surface area contributed by atoms with Gasteiger partial charge in [0.05, 0.1) is 12.6 Å². The minimum Gasteiger partial charge on any atom is -0.273 e. The predicted molar refractivity (Wildman–Crippen MR) is 107 cm³/mol. The third-order valence-electron chi connectivity index (χ3n) is 4.45. The SMILES string of the molecule is O=C(Cc1cccc2ccccc12)N/N=C\c1cccc2ccccc12. The Hall–Kier alpha value is -3.46. The van der Waals surface area contributed by atoms with Crippen molar-refractivity contribution in [3.8, 4) is 0 Å². The average Bonchev–Trinajstić information content (AvgIpc) is 2.68. The lowest BCUT2D eigenvalue weighted by atomic mass is 10.0. The smallest absolute Gasteiger partial charge is 0.244 e. The van der Waals surface area contributed by atoms with Gasteiger partial charge in [-0.2, -0.15) is 5.10 Å². The first-order valence-corrected chi connectivity index (χ1v) is 8.57. The molecule has 0 fully saturated rings. The molecule has 1 N–H and O–H groups in total. The van der Waals surface area contributed by atoms with E-state index in [-0.39, 0.29) is 5.91 Å². The average molecular weight is 338 g/mol. The van der Waals surface area contributed by atoms with E-state index in [9.17, 15) is 4.79 Å². The zero-order valence-electron chi connectivity index (χ0n) is 14.2. The van der Waals surface area contributed by atoms with Gasteiger partial charge in [0.2, 0.25) is 5.91 Å². The summed E-state index contributed by atoms with van der Waals surface area (Å²) >= 11 is 0. The van der Waals surface area contributed by atoms with Crippen molar-refractivity contribution in [3.05, 3.63) is 96.1 Å². The van der Waals surface area contributed by atoms with Crippen molar-refractivity contribution in [2.45, 2.75) is 6.42 Å². The van der Waals surface area contributed by atoms with Gasteiger partial charge in [-0.1, -0.05) is 84.9 Å². The van der Waals surface area contributed by atoms with E-state index in [1.165, 1.54) is 0 Å². The van der Waals surface area contributed by atoms with Crippen molar-refractivity contribution in [1.82, 2.24) is 5.43 Å². The molecule has 126 valence electrons. The third-order valence-corrected chi connectivity index (χ3v) is 4.45. The number of benzene rings is 4. The van der Waals surface area contributed by atoms with Crippen LogP contribution in [0.1, 0.15) is 11.1 Å². The molecule has 0 unspecified atom stereocenters. The fraction of sp³-hybridized carbons (Fsp3) is 0.0435. The monoisotopic (exact) mass is 338 g/mol. The normalized spacial score (nSPS) is 11.2. The first-order chi connectivity index (χ1) is 12.8. The highest BCUT2D eigenvalue weighted by Crippen LogP contribution is 2.19. The second-order valence-corrected chi connectivity index (χ2v) is 6.18. The van der Waals surface area contributed by atoms with E-state index in [1.807, 2.05) is 54.6 Å². The van der Waals surface area contributed by atoms with E-state index in [4.69, 9.17) is 0 Å². The highest BCUT2D eigenvalue weighted by molar-refractivity contribution is 6.00. The van der Waals surface area contributed by atoms with Gasteiger partial charge in [-0.25, -0.2) is 5.43 Å². The molecule has 0 atom stereocenters. The zero-order valence-corrected chi connectivity index (χ0v) is 14.2. The van der Waals surface area contributed by atoms with Gasteiger partial charge in [-0.05, 0) is 27.1 Å². The summed E-state index contributed by atoms with van der Waals surface area (Å²) in [6.07, 6.45) is 2.00. The standard InChI is InChI=1S/C23H18N2O/c26-23(15-19-11-5-9-17-7-1-3-13-21(17)19)25-24-16-20-12-6-10-18-8-2-4-14-22(18)20/h1-14,16H,15H2,(H,25,26)/b24-16-. The Morgan fingerprint density at radius 2 is 1.38 bits per heavy atom. The number of hydrogen-bond donors (Lipinski definition) is 1. The van der Waals surface area contributed by atoms with Gasteiger partial charge in [0.1, 0.15) is 0 Å². The molecule has 4 aromatic carbocycles. The summed E-state index contributed by atoms with van der Waals surface area (Å²) in [6.45, 7) is 0. The van der Waals surface area contributed by atoms with Crippen LogP contribution in [-0.4, -0.2) is 12.1 Å². The summed E-state index contributed by atoms with van der Waals surface area (Å²) < 4.78 is 0. The van der Waals surface area contributed by atoms with Gasteiger partial charge in [-0.15, -0.1) is 0 Å². The molecule has 0 aliphatic heterocycles. The molecule has 0 heterocycles. The number of nitrogens with one attached hydrogen (secondary N) is 1. The fourth-order valence-corrected chi connectivity index (χ4v) is 3.20. The van der Waals surface area contributed by atoms with E-state index >= 15 is 0 Å². The maximum absolute atomic E-state index is 12.3. The minimum absolute atomic E-state index is 0.127. The lowest BCUT2D eigenvalue weighted by Crippen LogP contribution is -2.19. The summed E-state index contributed by atoms with van der Waals surface area (Å²) in [4.78, 5) is 12.3. The molecule has 0 saturated carbocycles. The molecular formula is C23H18N2O. The van der Waals surface area contributed by atoms with Crippen LogP contribution in [0.2, 0.25) is 0 Å². The van der Waals surface area contributed by atoms with E-state index in [0.717, 1.165) is 32.7 Å². The number of fused-ring (bicyclic) bond motifs is 2. The number of carbonyl (C=O) groups is 1. The molecule has 0 radical (unpaired) electrons. The number of hydrazone groups is 1. The Balaban J connectivity index is 1.49. The van der Waals surface area contributed by atoms with Gasteiger partial charge in [0, 0.05) is 5.56 Å². The van der Waals surface area contributed by atoms with Crippen molar-refractivity contribution in [3.63, 3.8) is 0 Å². The van der Waals surface area contributed by atoms with Crippen molar-refractivity contribution >= 4 is 33.7 Å². The number of hydrogen-bond acceptors (Lipinski definition) is 2. The molecule has 0 aliphatic rings. The van der Waals surface area contributed by atoms with Crippen LogP contribution in [0.3, 0.4) is 0 Å². The van der Waals surface area contributed by atoms with Crippen LogP contribution in [0.25, 0.3) is 21.5 Å². The van der Waals surface area contributed by atoms with Gasteiger partial charge in [0.15, 0.2) is 0 Å². The van der Waals surface area contributed by atoms with E-state index in [1.54, 1.807) is 6.21 Å². The molecule has 0 bridgehead atoms. The first-order valence-electron chi connectivity index (χ1n) is 8.57. The molecule has 4 rings (SSSR count). The maximum atomic E-state index is 12.3. The minimum atomic E-state index is -0.127. The van der Waals surface area contributed by atoms with Crippen LogP contribution in [0.15, 0.2) is 90.0 Å². The summed E-state index contributed by atoms with van der Waals surface area (Å²) in [5.41, 5.74) is 4.62. The van der Waals surface area contributed by atoms with Gasteiger partial charge in [-0.3, -0.25) is 4.79 Å². The Morgan fingerprint density at radius 3 is 2.19 bits per heavy atom. The molecule has 3 nitrogen and oxygen atoms in total. The van der Waals surface area contributed by atoms with Gasteiger partial charge < -0.3 is 0 Å². The summed E-state index contributed by atoms with van der Waals surface area (Å²) in [5.74, 6) is -0.127.